The Labute approximate surface area is 107 Å². The second kappa shape index (κ2) is 6.35. The number of carbonyl (C=O) groups excluding carboxylic acids is 1. The predicted octanol–water partition coefficient (Wildman–Crippen LogP) is 3.04. The molecule has 0 saturated heterocycles. The van der Waals surface area contributed by atoms with Gasteiger partial charge in [-0.2, -0.15) is 0 Å². The first-order valence-corrected chi connectivity index (χ1v) is 9.00. The Balaban J connectivity index is 3.98. The molecule has 0 unspecified atom stereocenters. The quantitative estimate of drug-likeness (QED) is 0.430. The molecule has 0 radical (unpaired) electrons. The molecule has 100 valence electrons. The minimum absolute atomic E-state index is 0.0253. The fraction of sp³-hybridized carbons (Fsp3) is 0.769. The van der Waals surface area contributed by atoms with Crippen molar-refractivity contribution in [3.05, 3.63) is 12.2 Å². The van der Waals surface area contributed by atoms with E-state index in [2.05, 4.69) is 33.9 Å². The molecule has 4 heteroatoms. The van der Waals surface area contributed by atoms with Gasteiger partial charge in [-0.05, 0) is 30.6 Å². The molecule has 0 aromatic heterocycles. The van der Waals surface area contributed by atoms with E-state index in [9.17, 15) is 4.79 Å². The SMILES string of the molecule is CN(C)C(=O)/C=C/CCO[Si](C)(C)C(C)(C)C. The third kappa shape index (κ3) is 6.03. The van der Waals surface area contributed by atoms with Crippen molar-refractivity contribution in [3.8, 4) is 0 Å². The van der Waals surface area contributed by atoms with Gasteiger partial charge >= 0.3 is 0 Å². The average Bonchev–Trinajstić information content (AvgIpc) is 2.14. The molecule has 0 saturated carbocycles. The molecule has 1 amide bonds. The second-order valence-corrected chi connectivity index (χ2v) is 10.8. The summed E-state index contributed by atoms with van der Waals surface area (Å²) in [6.07, 6.45) is 4.29. The molecule has 17 heavy (non-hydrogen) atoms. The van der Waals surface area contributed by atoms with Crippen LogP contribution in [-0.4, -0.2) is 39.8 Å². The van der Waals surface area contributed by atoms with Crippen LogP contribution in [0.15, 0.2) is 12.2 Å². The van der Waals surface area contributed by atoms with Crippen molar-refractivity contribution >= 4 is 14.2 Å². The lowest BCUT2D eigenvalue weighted by atomic mass is 10.2. The average molecular weight is 257 g/mol. The van der Waals surface area contributed by atoms with E-state index in [1.165, 1.54) is 0 Å². The molecule has 0 heterocycles. The van der Waals surface area contributed by atoms with Crippen LogP contribution < -0.4 is 0 Å². The largest absolute Gasteiger partial charge is 0.417 e. The molecule has 0 aliphatic heterocycles. The Bertz CT molecular complexity index is 278. The van der Waals surface area contributed by atoms with Gasteiger partial charge in [-0.15, -0.1) is 0 Å². The normalized spacial score (nSPS) is 13.1. The summed E-state index contributed by atoms with van der Waals surface area (Å²) < 4.78 is 6.00. The molecular weight excluding hydrogens is 230 g/mol. The Morgan fingerprint density at radius 3 is 2.24 bits per heavy atom. The van der Waals surface area contributed by atoms with Gasteiger partial charge in [0.25, 0.3) is 0 Å². The van der Waals surface area contributed by atoms with Crippen LogP contribution in [0.5, 0.6) is 0 Å². The number of amides is 1. The number of hydrogen-bond donors (Lipinski definition) is 0. The van der Waals surface area contributed by atoms with Gasteiger partial charge in [0.1, 0.15) is 0 Å². The number of rotatable bonds is 5. The smallest absolute Gasteiger partial charge is 0.245 e. The van der Waals surface area contributed by atoms with E-state index in [0.717, 1.165) is 6.42 Å². The highest BCUT2D eigenvalue weighted by atomic mass is 28.4. The topological polar surface area (TPSA) is 29.5 Å². The molecule has 0 aromatic carbocycles. The van der Waals surface area contributed by atoms with Gasteiger partial charge in [0.2, 0.25) is 5.91 Å². The first-order valence-electron chi connectivity index (χ1n) is 6.10. The molecule has 0 aliphatic carbocycles. The lowest BCUT2D eigenvalue weighted by Crippen LogP contribution is -2.40. The van der Waals surface area contributed by atoms with Crippen molar-refractivity contribution in [2.24, 2.45) is 0 Å². The number of nitrogens with zero attached hydrogens (tertiary/aromatic N) is 1. The van der Waals surface area contributed by atoms with Crippen LogP contribution in [0.2, 0.25) is 18.1 Å². The number of hydrogen-bond acceptors (Lipinski definition) is 2. The van der Waals surface area contributed by atoms with Crippen molar-refractivity contribution in [3.63, 3.8) is 0 Å². The van der Waals surface area contributed by atoms with E-state index in [4.69, 9.17) is 4.43 Å². The Morgan fingerprint density at radius 2 is 1.82 bits per heavy atom. The van der Waals surface area contributed by atoms with Gasteiger partial charge in [0.15, 0.2) is 8.32 Å². The van der Waals surface area contributed by atoms with Crippen LogP contribution in [-0.2, 0) is 9.22 Å². The highest BCUT2D eigenvalue weighted by Crippen LogP contribution is 2.36. The lowest BCUT2D eigenvalue weighted by Gasteiger charge is -2.36. The minimum Gasteiger partial charge on any atom is -0.417 e. The van der Waals surface area contributed by atoms with Gasteiger partial charge in [-0.25, -0.2) is 0 Å². The van der Waals surface area contributed by atoms with E-state index in [1.807, 2.05) is 6.08 Å². The molecule has 0 rings (SSSR count). The summed E-state index contributed by atoms with van der Waals surface area (Å²) in [5, 5.41) is 0.246. The number of likely N-dealkylation sites (N-methyl/N-ethyl adjacent to an activating group) is 1. The first kappa shape index (κ1) is 16.4. The van der Waals surface area contributed by atoms with E-state index in [-0.39, 0.29) is 10.9 Å². The Kier molecular flexibility index (Phi) is 6.13. The zero-order chi connectivity index (χ0) is 13.7. The van der Waals surface area contributed by atoms with Crippen molar-refractivity contribution in [1.29, 1.82) is 0 Å². The Hall–Kier alpha value is -0.613. The first-order chi connectivity index (χ1) is 7.58. The molecule has 0 fully saturated rings. The van der Waals surface area contributed by atoms with Gasteiger partial charge in [-0.1, -0.05) is 26.8 Å². The van der Waals surface area contributed by atoms with Crippen LogP contribution in [0.25, 0.3) is 0 Å². The highest BCUT2D eigenvalue weighted by molar-refractivity contribution is 6.74. The van der Waals surface area contributed by atoms with Crippen molar-refractivity contribution in [2.45, 2.75) is 45.3 Å². The maximum atomic E-state index is 11.3. The third-order valence-electron chi connectivity index (χ3n) is 3.25. The predicted molar refractivity (Wildman–Crippen MR) is 75.6 cm³/mol. The minimum atomic E-state index is -1.63. The standard InChI is InChI=1S/C13H27NO2Si/c1-13(2,3)17(6,7)16-11-9-8-10-12(15)14(4)5/h8,10H,9,11H2,1-7H3/b10-8+. The van der Waals surface area contributed by atoms with Crippen LogP contribution >= 0.6 is 0 Å². The van der Waals surface area contributed by atoms with Gasteiger partial charge in [0, 0.05) is 20.7 Å². The molecule has 0 bridgehead atoms. The molecular formula is C13H27NO2Si. The Morgan fingerprint density at radius 1 is 1.29 bits per heavy atom. The van der Waals surface area contributed by atoms with Crippen molar-refractivity contribution < 1.29 is 9.22 Å². The monoisotopic (exact) mass is 257 g/mol. The molecule has 0 aromatic rings. The lowest BCUT2D eigenvalue weighted by molar-refractivity contribution is -0.123. The zero-order valence-electron chi connectivity index (χ0n) is 12.3. The van der Waals surface area contributed by atoms with Gasteiger partial charge < -0.3 is 9.33 Å². The number of carbonyl (C=O) groups is 1. The van der Waals surface area contributed by atoms with E-state index in [0.29, 0.717) is 6.61 Å². The van der Waals surface area contributed by atoms with Crippen LogP contribution in [0.3, 0.4) is 0 Å². The van der Waals surface area contributed by atoms with E-state index in [1.54, 1.807) is 25.1 Å². The van der Waals surface area contributed by atoms with Crippen molar-refractivity contribution in [2.75, 3.05) is 20.7 Å². The maximum absolute atomic E-state index is 11.3. The summed E-state index contributed by atoms with van der Waals surface area (Å²) in [7, 11) is 1.86. The summed E-state index contributed by atoms with van der Waals surface area (Å²) in [5.41, 5.74) is 0. The summed E-state index contributed by atoms with van der Waals surface area (Å²) in [6.45, 7) is 11.9. The summed E-state index contributed by atoms with van der Waals surface area (Å²) >= 11 is 0. The van der Waals surface area contributed by atoms with E-state index >= 15 is 0 Å². The van der Waals surface area contributed by atoms with E-state index < -0.39 is 8.32 Å². The fourth-order valence-electron chi connectivity index (χ4n) is 0.932. The maximum Gasteiger partial charge on any atom is 0.245 e. The third-order valence-corrected chi connectivity index (χ3v) is 7.79. The summed E-state index contributed by atoms with van der Waals surface area (Å²) in [4.78, 5) is 12.8. The fourth-order valence-corrected chi connectivity index (χ4v) is 1.99. The molecule has 0 spiro atoms. The molecule has 3 nitrogen and oxygen atoms in total. The van der Waals surface area contributed by atoms with Gasteiger partial charge in [0.05, 0.1) is 0 Å². The van der Waals surface area contributed by atoms with Crippen LogP contribution in [0, 0.1) is 0 Å². The second-order valence-electron chi connectivity index (χ2n) is 6.03. The summed E-state index contributed by atoms with van der Waals surface area (Å²) in [6, 6.07) is 0. The van der Waals surface area contributed by atoms with Gasteiger partial charge in [-0.3, -0.25) is 4.79 Å². The molecule has 0 aliphatic rings. The molecule has 0 atom stereocenters. The van der Waals surface area contributed by atoms with Crippen LogP contribution in [0.4, 0.5) is 0 Å². The van der Waals surface area contributed by atoms with Crippen LogP contribution in [0.1, 0.15) is 27.2 Å². The van der Waals surface area contributed by atoms with Crippen molar-refractivity contribution in [1.82, 2.24) is 4.90 Å². The molecule has 0 N–H and O–H groups in total. The summed E-state index contributed by atoms with van der Waals surface area (Å²) in [5.74, 6) is 0.0253. The highest BCUT2D eigenvalue weighted by Gasteiger charge is 2.36. The zero-order valence-corrected chi connectivity index (χ0v) is 13.3.